The highest BCUT2D eigenvalue weighted by atomic mass is 16.4. The quantitative estimate of drug-likeness (QED) is 0.478. The summed E-state index contributed by atoms with van der Waals surface area (Å²) in [6.45, 7) is 0.929. The Balaban J connectivity index is 3.22. The molecule has 0 aromatic heterocycles. The molecular weight excluding hydrogens is 172 g/mol. The standard InChI is InChI=1S/C8H16N2O3/c9-5-1-3-7(11)10-6-2-4-8(12)13/h1-6,9H2,(H,10,11)(H,12,13). The van der Waals surface area contributed by atoms with E-state index in [4.69, 9.17) is 10.8 Å². The lowest BCUT2D eigenvalue weighted by molar-refractivity contribution is -0.137. The van der Waals surface area contributed by atoms with Crippen molar-refractivity contribution in [3.63, 3.8) is 0 Å². The molecule has 0 bridgehead atoms. The number of aliphatic carboxylic acids is 1. The molecule has 76 valence electrons. The summed E-state index contributed by atoms with van der Waals surface area (Å²) < 4.78 is 0. The Hall–Kier alpha value is -1.10. The van der Waals surface area contributed by atoms with E-state index in [1.165, 1.54) is 0 Å². The van der Waals surface area contributed by atoms with Gasteiger partial charge in [0.15, 0.2) is 0 Å². The van der Waals surface area contributed by atoms with Crippen LogP contribution in [0.15, 0.2) is 0 Å². The number of rotatable bonds is 7. The Morgan fingerprint density at radius 3 is 2.46 bits per heavy atom. The molecule has 1 amide bonds. The molecule has 0 aromatic carbocycles. The zero-order chi connectivity index (χ0) is 10.1. The number of hydrogen-bond acceptors (Lipinski definition) is 3. The van der Waals surface area contributed by atoms with Crippen LogP contribution in [0.25, 0.3) is 0 Å². The van der Waals surface area contributed by atoms with E-state index in [1.807, 2.05) is 0 Å². The first-order valence-corrected chi connectivity index (χ1v) is 4.35. The largest absolute Gasteiger partial charge is 0.481 e. The molecule has 0 heterocycles. The first-order valence-electron chi connectivity index (χ1n) is 4.35. The van der Waals surface area contributed by atoms with Crippen LogP contribution >= 0.6 is 0 Å². The van der Waals surface area contributed by atoms with Gasteiger partial charge in [0.2, 0.25) is 5.91 Å². The van der Waals surface area contributed by atoms with Crippen LogP contribution in [0.2, 0.25) is 0 Å². The number of carbonyl (C=O) groups is 2. The maximum Gasteiger partial charge on any atom is 0.303 e. The number of carbonyl (C=O) groups excluding carboxylic acids is 1. The van der Waals surface area contributed by atoms with E-state index in [0.29, 0.717) is 32.4 Å². The number of hydrogen-bond donors (Lipinski definition) is 3. The molecule has 4 N–H and O–H groups in total. The summed E-state index contributed by atoms with van der Waals surface area (Å²) in [6, 6.07) is 0. The highest BCUT2D eigenvalue weighted by Crippen LogP contribution is 1.89. The summed E-state index contributed by atoms with van der Waals surface area (Å²) in [5.41, 5.74) is 5.21. The average Bonchev–Trinajstić information content (AvgIpc) is 2.08. The Morgan fingerprint density at radius 2 is 1.92 bits per heavy atom. The highest BCUT2D eigenvalue weighted by molar-refractivity contribution is 5.75. The van der Waals surface area contributed by atoms with Gasteiger partial charge >= 0.3 is 5.97 Å². The third-order valence-corrected chi connectivity index (χ3v) is 1.50. The second-order valence-corrected chi connectivity index (χ2v) is 2.74. The zero-order valence-corrected chi connectivity index (χ0v) is 7.58. The van der Waals surface area contributed by atoms with Gasteiger partial charge in [-0.25, -0.2) is 0 Å². The summed E-state index contributed by atoms with van der Waals surface area (Å²) in [4.78, 5) is 21.0. The van der Waals surface area contributed by atoms with Gasteiger partial charge in [-0.1, -0.05) is 0 Å². The van der Waals surface area contributed by atoms with Gasteiger partial charge in [-0.05, 0) is 19.4 Å². The molecule has 13 heavy (non-hydrogen) atoms. The van der Waals surface area contributed by atoms with Crippen LogP contribution in [-0.4, -0.2) is 30.1 Å². The fourth-order valence-corrected chi connectivity index (χ4v) is 0.818. The summed E-state index contributed by atoms with van der Waals surface area (Å²) >= 11 is 0. The first-order chi connectivity index (χ1) is 6.16. The lowest BCUT2D eigenvalue weighted by Gasteiger charge is -2.02. The second kappa shape index (κ2) is 7.54. The molecule has 0 aromatic rings. The van der Waals surface area contributed by atoms with Crippen molar-refractivity contribution in [2.24, 2.45) is 5.73 Å². The van der Waals surface area contributed by atoms with Crippen LogP contribution < -0.4 is 11.1 Å². The number of nitrogens with two attached hydrogens (primary N) is 1. The predicted molar refractivity (Wildman–Crippen MR) is 48.2 cm³/mol. The summed E-state index contributed by atoms with van der Waals surface area (Å²) in [6.07, 6.45) is 1.66. The van der Waals surface area contributed by atoms with E-state index in [2.05, 4.69) is 5.32 Å². The van der Waals surface area contributed by atoms with Crippen molar-refractivity contribution in [3.05, 3.63) is 0 Å². The predicted octanol–water partition coefficient (Wildman–Crippen LogP) is -0.294. The number of amides is 1. The van der Waals surface area contributed by atoms with Crippen molar-refractivity contribution in [1.29, 1.82) is 0 Å². The van der Waals surface area contributed by atoms with Gasteiger partial charge in [0.05, 0.1) is 0 Å². The summed E-state index contributed by atoms with van der Waals surface area (Å²) in [5, 5.41) is 10.9. The lowest BCUT2D eigenvalue weighted by Crippen LogP contribution is -2.25. The molecule has 5 heteroatoms. The third-order valence-electron chi connectivity index (χ3n) is 1.50. The molecule has 0 radical (unpaired) electrons. The van der Waals surface area contributed by atoms with E-state index in [-0.39, 0.29) is 12.3 Å². The molecular formula is C8H16N2O3. The fraction of sp³-hybridized carbons (Fsp3) is 0.750. The van der Waals surface area contributed by atoms with Crippen molar-refractivity contribution < 1.29 is 14.7 Å². The van der Waals surface area contributed by atoms with Gasteiger partial charge in [-0.2, -0.15) is 0 Å². The lowest BCUT2D eigenvalue weighted by atomic mass is 10.3. The molecule has 0 saturated heterocycles. The Kier molecular flexibility index (Phi) is 6.91. The van der Waals surface area contributed by atoms with Gasteiger partial charge in [0.25, 0.3) is 0 Å². The van der Waals surface area contributed by atoms with E-state index in [0.717, 1.165) is 0 Å². The normalized spacial score (nSPS) is 9.62. The molecule has 0 aliphatic rings. The van der Waals surface area contributed by atoms with Gasteiger partial charge in [-0.15, -0.1) is 0 Å². The average molecular weight is 188 g/mol. The van der Waals surface area contributed by atoms with Crippen LogP contribution in [0.1, 0.15) is 25.7 Å². The Bertz CT molecular complexity index is 171. The molecule has 0 atom stereocenters. The van der Waals surface area contributed by atoms with Crippen molar-refractivity contribution in [2.75, 3.05) is 13.1 Å². The first kappa shape index (κ1) is 11.9. The van der Waals surface area contributed by atoms with Crippen molar-refractivity contribution in [3.8, 4) is 0 Å². The highest BCUT2D eigenvalue weighted by Gasteiger charge is 2.00. The minimum absolute atomic E-state index is 0.0594. The monoisotopic (exact) mass is 188 g/mol. The van der Waals surface area contributed by atoms with Crippen molar-refractivity contribution in [2.45, 2.75) is 25.7 Å². The topological polar surface area (TPSA) is 92.4 Å². The number of carboxylic acids is 1. The van der Waals surface area contributed by atoms with Gasteiger partial charge < -0.3 is 16.2 Å². The number of nitrogens with one attached hydrogen (secondary N) is 1. The third kappa shape index (κ3) is 8.81. The van der Waals surface area contributed by atoms with Crippen LogP contribution in [0.4, 0.5) is 0 Å². The summed E-state index contributed by atoms with van der Waals surface area (Å²) in [7, 11) is 0. The molecule has 0 fully saturated rings. The molecule has 0 aliphatic heterocycles. The molecule has 0 unspecified atom stereocenters. The maximum absolute atomic E-state index is 10.9. The Labute approximate surface area is 77.3 Å². The molecule has 0 saturated carbocycles. The molecule has 0 rings (SSSR count). The SMILES string of the molecule is NCCCC(=O)NCCCC(=O)O. The van der Waals surface area contributed by atoms with Gasteiger partial charge in [0.1, 0.15) is 0 Å². The van der Waals surface area contributed by atoms with Crippen LogP contribution in [-0.2, 0) is 9.59 Å². The molecule has 5 nitrogen and oxygen atoms in total. The van der Waals surface area contributed by atoms with Gasteiger partial charge in [-0.3, -0.25) is 9.59 Å². The van der Waals surface area contributed by atoms with Gasteiger partial charge in [0, 0.05) is 19.4 Å². The summed E-state index contributed by atoms with van der Waals surface area (Å²) in [5.74, 6) is -0.896. The van der Waals surface area contributed by atoms with E-state index in [9.17, 15) is 9.59 Å². The fourth-order valence-electron chi connectivity index (χ4n) is 0.818. The molecule has 0 spiro atoms. The van der Waals surface area contributed by atoms with Crippen molar-refractivity contribution in [1.82, 2.24) is 5.32 Å². The van der Waals surface area contributed by atoms with E-state index in [1.54, 1.807) is 0 Å². The smallest absolute Gasteiger partial charge is 0.303 e. The van der Waals surface area contributed by atoms with Crippen molar-refractivity contribution >= 4 is 11.9 Å². The zero-order valence-electron chi connectivity index (χ0n) is 7.58. The molecule has 0 aliphatic carbocycles. The van der Waals surface area contributed by atoms with Crippen LogP contribution in [0, 0.1) is 0 Å². The van der Waals surface area contributed by atoms with E-state index < -0.39 is 5.97 Å². The minimum Gasteiger partial charge on any atom is -0.481 e. The maximum atomic E-state index is 10.9. The van der Waals surface area contributed by atoms with Crippen LogP contribution in [0.3, 0.4) is 0 Å². The van der Waals surface area contributed by atoms with E-state index >= 15 is 0 Å². The second-order valence-electron chi connectivity index (χ2n) is 2.74. The Morgan fingerprint density at radius 1 is 1.23 bits per heavy atom. The van der Waals surface area contributed by atoms with Crippen LogP contribution in [0.5, 0.6) is 0 Å². The minimum atomic E-state index is -0.837. The number of carboxylic acid groups (broad SMARTS) is 1.